The Morgan fingerprint density at radius 2 is 2.11 bits per heavy atom. The molecule has 0 aliphatic rings. The Morgan fingerprint density at radius 1 is 1.39 bits per heavy atom. The van der Waals surface area contributed by atoms with E-state index < -0.39 is 11.9 Å². The summed E-state index contributed by atoms with van der Waals surface area (Å²) in [6.07, 6.45) is 1.53. The zero-order valence-corrected chi connectivity index (χ0v) is 10.3. The van der Waals surface area contributed by atoms with Crippen LogP contribution in [0.25, 0.3) is 10.6 Å². The van der Waals surface area contributed by atoms with Crippen LogP contribution in [0.3, 0.4) is 0 Å². The second kappa shape index (κ2) is 4.53. The molecule has 0 radical (unpaired) electrons. The highest BCUT2D eigenvalue weighted by molar-refractivity contribution is 7.20. The van der Waals surface area contributed by atoms with E-state index in [-0.39, 0.29) is 5.56 Å². The molecule has 6 nitrogen and oxygen atoms in total. The molecule has 0 saturated heterocycles. The van der Waals surface area contributed by atoms with Gasteiger partial charge in [0, 0.05) is 0 Å². The lowest BCUT2D eigenvalue weighted by atomic mass is 10.1. The highest BCUT2D eigenvalue weighted by Crippen LogP contribution is 2.39. The molecule has 0 unspecified atom stereocenters. The van der Waals surface area contributed by atoms with Crippen LogP contribution in [0.1, 0.15) is 15.9 Å². The fourth-order valence-electron chi connectivity index (χ4n) is 1.65. The fourth-order valence-corrected chi connectivity index (χ4v) is 2.84. The lowest BCUT2D eigenvalue weighted by Gasteiger charge is -2.00. The first kappa shape index (κ1) is 12.2. The van der Waals surface area contributed by atoms with Gasteiger partial charge in [-0.3, -0.25) is 10.1 Å². The minimum Gasteiger partial charge on any atom is -0.464 e. The van der Waals surface area contributed by atoms with E-state index in [1.165, 1.54) is 17.6 Å². The van der Waals surface area contributed by atoms with E-state index in [0.717, 1.165) is 4.88 Å². The largest absolute Gasteiger partial charge is 0.464 e. The van der Waals surface area contributed by atoms with Crippen molar-refractivity contribution in [2.45, 2.75) is 6.92 Å². The second-order valence-corrected chi connectivity index (χ2v) is 4.61. The van der Waals surface area contributed by atoms with E-state index >= 15 is 0 Å². The SMILES string of the molecule is Cc1c(-c2ccco2)sc(NC(N)=O)c1C(N)=O. The summed E-state index contributed by atoms with van der Waals surface area (Å²) in [4.78, 5) is 23.0. The molecule has 0 saturated carbocycles. The van der Waals surface area contributed by atoms with Gasteiger partial charge in [0.05, 0.1) is 16.7 Å². The van der Waals surface area contributed by atoms with E-state index in [2.05, 4.69) is 5.32 Å². The number of carbonyl (C=O) groups excluding carboxylic acids is 2. The number of amides is 3. The molecular weight excluding hydrogens is 254 g/mol. The molecule has 18 heavy (non-hydrogen) atoms. The van der Waals surface area contributed by atoms with E-state index in [1.54, 1.807) is 19.1 Å². The second-order valence-electron chi connectivity index (χ2n) is 3.59. The molecule has 7 heteroatoms. The van der Waals surface area contributed by atoms with Crippen LogP contribution in [0.2, 0.25) is 0 Å². The molecule has 0 aliphatic heterocycles. The monoisotopic (exact) mass is 265 g/mol. The average molecular weight is 265 g/mol. The van der Waals surface area contributed by atoms with Crippen molar-refractivity contribution in [3.63, 3.8) is 0 Å². The molecule has 0 bridgehead atoms. The summed E-state index contributed by atoms with van der Waals surface area (Å²) in [5, 5.41) is 2.73. The van der Waals surface area contributed by atoms with Gasteiger partial charge >= 0.3 is 6.03 Å². The first-order valence-corrected chi connectivity index (χ1v) is 5.86. The number of nitrogens with one attached hydrogen (secondary N) is 1. The lowest BCUT2D eigenvalue weighted by Crippen LogP contribution is -2.21. The van der Waals surface area contributed by atoms with Gasteiger partial charge < -0.3 is 15.9 Å². The van der Waals surface area contributed by atoms with Crippen LogP contribution < -0.4 is 16.8 Å². The maximum atomic E-state index is 11.4. The van der Waals surface area contributed by atoms with E-state index in [1.807, 2.05) is 0 Å². The Labute approximate surface area is 107 Å². The van der Waals surface area contributed by atoms with E-state index in [4.69, 9.17) is 15.9 Å². The molecule has 2 heterocycles. The van der Waals surface area contributed by atoms with Crippen LogP contribution in [0.4, 0.5) is 9.80 Å². The molecule has 0 aromatic carbocycles. The number of rotatable bonds is 3. The molecule has 2 aromatic rings. The Morgan fingerprint density at radius 3 is 2.61 bits per heavy atom. The summed E-state index contributed by atoms with van der Waals surface area (Å²) in [6.45, 7) is 1.74. The molecular formula is C11H11N3O3S. The maximum absolute atomic E-state index is 11.4. The van der Waals surface area contributed by atoms with Crippen LogP contribution in [-0.4, -0.2) is 11.9 Å². The van der Waals surface area contributed by atoms with Crippen molar-refractivity contribution in [3.8, 4) is 10.6 Å². The van der Waals surface area contributed by atoms with Crippen LogP contribution >= 0.6 is 11.3 Å². The number of furan rings is 1. The van der Waals surface area contributed by atoms with Gasteiger partial charge in [-0.15, -0.1) is 11.3 Å². The van der Waals surface area contributed by atoms with Gasteiger partial charge in [-0.1, -0.05) is 0 Å². The summed E-state index contributed by atoms with van der Waals surface area (Å²) < 4.78 is 5.27. The van der Waals surface area contributed by atoms with Crippen LogP contribution in [0.15, 0.2) is 22.8 Å². The summed E-state index contributed by atoms with van der Waals surface area (Å²) in [5.41, 5.74) is 11.3. The van der Waals surface area contributed by atoms with E-state index in [9.17, 15) is 9.59 Å². The highest BCUT2D eigenvalue weighted by Gasteiger charge is 2.22. The Bertz CT molecular complexity index is 601. The van der Waals surface area contributed by atoms with Gasteiger partial charge in [-0.05, 0) is 24.6 Å². The quantitative estimate of drug-likeness (QED) is 0.787. The number of carbonyl (C=O) groups is 2. The van der Waals surface area contributed by atoms with Gasteiger partial charge in [0.15, 0.2) is 0 Å². The Balaban J connectivity index is 2.57. The zero-order chi connectivity index (χ0) is 13.3. The Hall–Kier alpha value is -2.28. The number of thiophene rings is 1. The predicted octanol–water partition coefficient (Wildman–Crippen LogP) is 1.91. The summed E-state index contributed by atoms with van der Waals surface area (Å²) in [6, 6.07) is 2.75. The Kier molecular flexibility index (Phi) is 3.07. The van der Waals surface area contributed by atoms with Crippen molar-refractivity contribution in [1.29, 1.82) is 0 Å². The maximum Gasteiger partial charge on any atom is 0.317 e. The number of primary amides is 2. The lowest BCUT2D eigenvalue weighted by molar-refractivity contribution is 0.100. The van der Waals surface area contributed by atoms with Gasteiger partial charge in [-0.25, -0.2) is 4.79 Å². The van der Waals surface area contributed by atoms with Crippen LogP contribution in [-0.2, 0) is 0 Å². The predicted molar refractivity (Wildman–Crippen MR) is 68.5 cm³/mol. The third-order valence-electron chi connectivity index (χ3n) is 2.37. The van der Waals surface area contributed by atoms with Crippen molar-refractivity contribution in [1.82, 2.24) is 0 Å². The number of urea groups is 1. The minimum absolute atomic E-state index is 0.255. The van der Waals surface area contributed by atoms with Crippen LogP contribution in [0.5, 0.6) is 0 Å². The molecule has 2 rings (SSSR count). The van der Waals surface area contributed by atoms with Crippen molar-refractivity contribution < 1.29 is 14.0 Å². The first-order valence-electron chi connectivity index (χ1n) is 5.04. The molecule has 0 spiro atoms. The highest BCUT2D eigenvalue weighted by atomic mass is 32.1. The number of nitrogens with two attached hydrogens (primary N) is 2. The van der Waals surface area contributed by atoms with E-state index in [0.29, 0.717) is 16.3 Å². The van der Waals surface area contributed by atoms with Gasteiger partial charge in [-0.2, -0.15) is 0 Å². The van der Waals surface area contributed by atoms with Gasteiger partial charge in [0.1, 0.15) is 10.8 Å². The standard InChI is InChI=1S/C11H11N3O3S/c1-5-7(9(12)15)10(14-11(13)16)18-8(5)6-3-2-4-17-6/h2-4H,1H3,(H2,12,15)(H3,13,14,16). The molecule has 0 aliphatic carbocycles. The smallest absolute Gasteiger partial charge is 0.317 e. The summed E-state index contributed by atoms with van der Waals surface area (Å²) in [7, 11) is 0. The topological polar surface area (TPSA) is 111 Å². The average Bonchev–Trinajstić information content (AvgIpc) is 2.84. The van der Waals surface area contributed by atoms with Crippen molar-refractivity contribution in [3.05, 3.63) is 29.5 Å². The molecule has 5 N–H and O–H groups in total. The normalized spacial score (nSPS) is 10.3. The molecule has 0 atom stereocenters. The molecule has 0 fully saturated rings. The van der Waals surface area contributed by atoms with Crippen molar-refractivity contribution >= 4 is 28.3 Å². The fraction of sp³-hybridized carbons (Fsp3) is 0.0909. The minimum atomic E-state index is -0.746. The van der Waals surface area contributed by atoms with Crippen molar-refractivity contribution in [2.24, 2.45) is 11.5 Å². The summed E-state index contributed by atoms with van der Waals surface area (Å²) in [5.74, 6) is -0.0113. The number of hydrogen-bond donors (Lipinski definition) is 3. The van der Waals surface area contributed by atoms with Crippen LogP contribution in [0, 0.1) is 6.92 Å². The third-order valence-corrected chi connectivity index (χ3v) is 3.60. The van der Waals surface area contributed by atoms with Crippen molar-refractivity contribution in [2.75, 3.05) is 5.32 Å². The molecule has 3 amide bonds. The number of anilines is 1. The molecule has 2 aromatic heterocycles. The van der Waals surface area contributed by atoms with Gasteiger partial charge in [0.2, 0.25) is 0 Å². The third kappa shape index (κ3) is 2.07. The zero-order valence-electron chi connectivity index (χ0n) is 9.52. The molecule has 94 valence electrons. The first-order chi connectivity index (χ1) is 8.50. The number of hydrogen-bond acceptors (Lipinski definition) is 4. The summed E-state index contributed by atoms with van der Waals surface area (Å²) >= 11 is 1.19. The van der Waals surface area contributed by atoms with Gasteiger partial charge in [0.25, 0.3) is 5.91 Å².